The molecule has 2 aromatic rings. The number of benzene rings is 2. The molecule has 132 valence electrons. The van der Waals surface area contributed by atoms with Gasteiger partial charge >= 0.3 is 5.97 Å². The molecule has 1 N–H and O–H groups in total. The Morgan fingerprint density at radius 1 is 1.15 bits per heavy atom. The summed E-state index contributed by atoms with van der Waals surface area (Å²) in [5, 5.41) is 9.64. The molecule has 0 saturated heterocycles. The molecule has 0 unspecified atom stereocenters. The van der Waals surface area contributed by atoms with Crippen molar-refractivity contribution >= 4 is 18.0 Å². The monoisotopic (exact) mass is 349 g/mol. The lowest BCUT2D eigenvalue weighted by atomic mass is 10.0. The molecular formula is C21H19NO4. The van der Waals surface area contributed by atoms with Crippen molar-refractivity contribution in [1.29, 1.82) is 0 Å². The first-order chi connectivity index (χ1) is 12.5. The van der Waals surface area contributed by atoms with Crippen LogP contribution in [-0.4, -0.2) is 29.0 Å². The first-order valence-electron chi connectivity index (χ1n) is 8.17. The molecule has 0 bridgehead atoms. The normalized spacial score (nSPS) is 15.7. The number of nitrogens with zero attached hydrogens (tertiary/aromatic N) is 1. The van der Waals surface area contributed by atoms with Gasteiger partial charge in [0.1, 0.15) is 5.75 Å². The second kappa shape index (κ2) is 7.27. The summed E-state index contributed by atoms with van der Waals surface area (Å²) < 4.78 is 4.88. The van der Waals surface area contributed by atoms with Gasteiger partial charge in [0.15, 0.2) is 0 Å². The number of carbonyl (C=O) groups is 2. The Morgan fingerprint density at radius 3 is 2.54 bits per heavy atom. The van der Waals surface area contributed by atoms with Crippen molar-refractivity contribution in [3.63, 3.8) is 0 Å². The summed E-state index contributed by atoms with van der Waals surface area (Å²) in [6.45, 7) is 2.10. The van der Waals surface area contributed by atoms with Gasteiger partial charge in [-0.2, -0.15) is 0 Å². The van der Waals surface area contributed by atoms with Crippen LogP contribution in [0.4, 0.5) is 0 Å². The third-order valence-corrected chi connectivity index (χ3v) is 4.27. The molecule has 5 heteroatoms. The fraction of sp³-hybridized carbons (Fsp3) is 0.143. The predicted molar refractivity (Wildman–Crippen MR) is 97.8 cm³/mol. The molecule has 0 fully saturated rings. The van der Waals surface area contributed by atoms with Gasteiger partial charge in [-0.3, -0.25) is 4.79 Å². The van der Waals surface area contributed by atoms with Crippen molar-refractivity contribution in [2.75, 3.05) is 7.11 Å². The minimum absolute atomic E-state index is 0.0891. The van der Waals surface area contributed by atoms with E-state index in [-0.39, 0.29) is 22.8 Å². The third-order valence-electron chi connectivity index (χ3n) is 4.27. The molecule has 1 aliphatic heterocycles. The zero-order valence-corrected chi connectivity index (χ0v) is 14.6. The molecule has 0 aliphatic carbocycles. The maximum Gasteiger partial charge on any atom is 0.340 e. The van der Waals surface area contributed by atoms with Crippen molar-refractivity contribution in [3.8, 4) is 5.75 Å². The van der Waals surface area contributed by atoms with Gasteiger partial charge in [-0.15, -0.1) is 0 Å². The fourth-order valence-electron chi connectivity index (χ4n) is 2.97. The number of carbonyl (C=O) groups excluding carboxylic acids is 2. The number of phenols is 1. The lowest BCUT2D eigenvalue weighted by Gasteiger charge is -2.17. The molecular weight excluding hydrogens is 330 g/mol. The minimum atomic E-state index is -0.558. The molecule has 0 saturated carbocycles. The highest BCUT2D eigenvalue weighted by Gasteiger charge is 2.36. The summed E-state index contributed by atoms with van der Waals surface area (Å²) in [4.78, 5) is 26.8. The number of allylic oxidation sites excluding steroid dienone is 1. The molecule has 2 aromatic carbocycles. The maximum atomic E-state index is 13.0. The van der Waals surface area contributed by atoms with E-state index in [1.54, 1.807) is 36.1 Å². The number of amides is 1. The topological polar surface area (TPSA) is 66.8 Å². The fourth-order valence-corrected chi connectivity index (χ4v) is 2.97. The van der Waals surface area contributed by atoms with Gasteiger partial charge in [-0.1, -0.05) is 42.5 Å². The van der Waals surface area contributed by atoms with Crippen LogP contribution in [0.3, 0.4) is 0 Å². The minimum Gasteiger partial charge on any atom is -0.508 e. The summed E-state index contributed by atoms with van der Waals surface area (Å²) in [5.74, 6) is -0.737. The van der Waals surface area contributed by atoms with Crippen molar-refractivity contribution in [2.45, 2.75) is 13.5 Å². The van der Waals surface area contributed by atoms with E-state index in [1.165, 1.54) is 13.2 Å². The van der Waals surface area contributed by atoms with Gasteiger partial charge in [0.2, 0.25) is 0 Å². The number of esters is 1. The van der Waals surface area contributed by atoms with Crippen LogP contribution < -0.4 is 0 Å². The summed E-state index contributed by atoms with van der Waals surface area (Å²) in [6.07, 6.45) is 1.60. The van der Waals surface area contributed by atoms with E-state index in [4.69, 9.17) is 4.74 Å². The largest absolute Gasteiger partial charge is 0.508 e. The molecule has 0 aromatic heterocycles. The standard InChI is InChI=1S/C21H19NO4/c1-14-19(21(25)26-2)18(12-16-9-6-10-17(23)11-16)20(24)22(14)13-15-7-4-3-5-8-15/h3-12,23H,13H2,1-2H3. The van der Waals surface area contributed by atoms with Crippen molar-refractivity contribution in [1.82, 2.24) is 4.90 Å². The number of hydrogen-bond acceptors (Lipinski definition) is 4. The van der Waals surface area contributed by atoms with Crippen LogP contribution in [0.25, 0.3) is 6.08 Å². The Morgan fingerprint density at radius 2 is 1.88 bits per heavy atom. The number of hydrogen-bond donors (Lipinski definition) is 1. The number of phenolic OH excluding ortho intramolecular Hbond substituents is 1. The smallest absolute Gasteiger partial charge is 0.340 e. The number of ether oxygens (including phenoxy) is 1. The van der Waals surface area contributed by atoms with E-state index in [0.717, 1.165) is 5.56 Å². The Labute approximate surface area is 151 Å². The zero-order chi connectivity index (χ0) is 18.7. The number of methoxy groups -OCH3 is 1. The highest BCUT2D eigenvalue weighted by atomic mass is 16.5. The van der Waals surface area contributed by atoms with Gasteiger partial charge in [0.25, 0.3) is 5.91 Å². The van der Waals surface area contributed by atoms with Gasteiger partial charge < -0.3 is 14.7 Å². The number of aromatic hydroxyl groups is 1. The second-order valence-corrected chi connectivity index (χ2v) is 5.98. The van der Waals surface area contributed by atoms with E-state index >= 15 is 0 Å². The molecule has 1 amide bonds. The highest BCUT2D eigenvalue weighted by Crippen LogP contribution is 2.33. The summed E-state index contributed by atoms with van der Waals surface area (Å²) in [5.41, 5.74) is 2.65. The van der Waals surface area contributed by atoms with Crippen molar-refractivity contribution in [3.05, 3.63) is 82.6 Å². The van der Waals surface area contributed by atoms with Crippen LogP contribution in [0.15, 0.2) is 71.4 Å². The van der Waals surface area contributed by atoms with E-state index in [1.807, 2.05) is 30.3 Å². The Hall–Kier alpha value is -3.34. The van der Waals surface area contributed by atoms with E-state index < -0.39 is 5.97 Å². The molecule has 3 rings (SSSR count). The lowest BCUT2D eigenvalue weighted by molar-refractivity contribution is -0.136. The van der Waals surface area contributed by atoms with Gasteiger partial charge in [0, 0.05) is 5.70 Å². The van der Waals surface area contributed by atoms with Crippen LogP contribution in [0.1, 0.15) is 18.1 Å². The highest BCUT2D eigenvalue weighted by molar-refractivity contribution is 6.16. The third kappa shape index (κ3) is 3.37. The van der Waals surface area contributed by atoms with E-state index in [0.29, 0.717) is 17.8 Å². The van der Waals surface area contributed by atoms with Crippen LogP contribution in [0, 0.1) is 0 Å². The lowest BCUT2D eigenvalue weighted by Crippen LogP contribution is -2.24. The Balaban J connectivity index is 2.03. The maximum absolute atomic E-state index is 13.0. The summed E-state index contributed by atoms with van der Waals surface area (Å²) >= 11 is 0. The van der Waals surface area contributed by atoms with Crippen LogP contribution >= 0.6 is 0 Å². The van der Waals surface area contributed by atoms with Gasteiger partial charge in [-0.05, 0) is 36.3 Å². The van der Waals surface area contributed by atoms with Crippen LogP contribution in [0.5, 0.6) is 5.75 Å². The molecule has 1 heterocycles. The Kier molecular flexibility index (Phi) is 4.89. The van der Waals surface area contributed by atoms with Gasteiger partial charge in [-0.25, -0.2) is 4.79 Å². The number of rotatable bonds is 4. The molecule has 5 nitrogen and oxygen atoms in total. The van der Waals surface area contributed by atoms with E-state index in [9.17, 15) is 14.7 Å². The first kappa shape index (κ1) is 17.5. The molecule has 26 heavy (non-hydrogen) atoms. The average molecular weight is 349 g/mol. The van der Waals surface area contributed by atoms with Crippen molar-refractivity contribution < 1.29 is 19.4 Å². The quantitative estimate of drug-likeness (QED) is 0.680. The first-order valence-corrected chi connectivity index (χ1v) is 8.17. The predicted octanol–water partition coefficient (Wildman–Crippen LogP) is 3.27. The van der Waals surface area contributed by atoms with E-state index in [2.05, 4.69) is 0 Å². The van der Waals surface area contributed by atoms with Crippen LogP contribution in [0.2, 0.25) is 0 Å². The van der Waals surface area contributed by atoms with Crippen LogP contribution in [-0.2, 0) is 20.9 Å². The van der Waals surface area contributed by atoms with Crippen molar-refractivity contribution in [2.24, 2.45) is 0 Å². The molecule has 1 aliphatic rings. The molecule has 0 atom stereocenters. The summed E-state index contributed by atoms with van der Waals surface area (Å²) in [7, 11) is 1.29. The SMILES string of the molecule is COC(=O)C1=C(C)N(Cc2ccccc2)C(=O)C1=Cc1cccc(O)c1. The average Bonchev–Trinajstić information content (AvgIpc) is 2.86. The Bertz CT molecular complexity index is 913. The van der Waals surface area contributed by atoms with Gasteiger partial charge in [0.05, 0.1) is 24.8 Å². The second-order valence-electron chi connectivity index (χ2n) is 5.98. The molecule has 0 radical (unpaired) electrons. The molecule has 0 spiro atoms. The zero-order valence-electron chi connectivity index (χ0n) is 14.6. The summed E-state index contributed by atoms with van der Waals surface area (Å²) in [6, 6.07) is 16.1.